The SMILES string of the molecule is Nc1nccnc1Nc1cc(Cl)c(Cl)cc1Cl. The van der Waals surface area contributed by atoms with Crippen molar-refractivity contribution in [2.24, 2.45) is 0 Å². The zero-order valence-corrected chi connectivity index (χ0v) is 10.7. The normalized spacial score (nSPS) is 10.3. The maximum absolute atomic E-state index is 6.01. The maximum Gasteiger partial charge on any atom is 0.173 e. The molecular weight excluding hydrogens is 282 g/mol. The molecular formula is C10H7Cl3N4. The van der Waals surface area contributed by atoms with Crippen LogP contribution in [0.5, 0.6) is 0 Å². The van der Waals surface area contributed by atoms with Gasteiger partial charge in [0.15, 0.2) is 11.6 Å². The first kappa shape index (κ1) is 12.2. The predicted octanol–water partition coefficient (Wildman–Crippen LogP) is 3.76. The van der Waals surface area contributed by atoms with Crippen LogP contribution in [0.25, 0.3) is 0 Å². The Bertz CT molecular complexity index is 559. The van der Waals surface area contributed by atoms with E-state index in [9.17, 15) is 0 Å². The van der Waals surface area contributed by atoms with Crippen molar-refractivity contribution < 1.29 is 0 Å². The van der Waals surface area contributed by atoms with E-state index in [1.165, 1.54) is 12.4 Å². The molecule has 1 aromatic heterocycles. The summed E-state index contributed by atoms with van der Waals surface area (Å²) in [6, 6.07) is 3.14. The van der Waals surface area contributed by atoms with Crippen LogP contribution in [-0.2, 0) is 0 Å². The molecule has 4 nitrogen and oxygen atoms in total. The molecule has 0 unspecified atom stereocenters. The fourth-order valence-electron chi connectivity index (χ4n) is 1.19. The number of nitrogens with two attached hydrogens (primary N) is 1. The first-order valence-electron chi connectivity index (χ1n) is 4.56. The Labute approximate surface area is 113 Å². The standard InChI is InChI=1S/C10H7Cl3N4/c11-5-3-7(13)8(4-6(5)12)17-10-9(14)15-1-2-16-10/h1-4H,(H2,14,15)(H,16,17). The van der Waals surface area contributed by atoms with Gasteiger partial charge in [-0.3, -0.25) is 0 Å². The van der Waals surface area contributed by atoms with Crippen LogP contribution in [0, 0.1) is 0 Å². The highest BCUT2D eigenvalue weighted by atomic mass is 35.5. The minimum Gasteiger partial charge on any atom is -0.381 e. The second-order valence-corrected chi connectivity index (χ2v) is 4.38. The van der Waals surface area contributed by atoms with Gasteiger partial charge in [0, 0.05) is 12.4 Å². The molecule has 0 atom stereocenters. The van der Waals surface area contributed by atoms with Gasteiger partial charge in [0.25, 0.3) is 0 Å². The number of anilines is 3. The van der Waals surface area contributed by atoms with E-state index in [1.807, 2.05) is 0 Å². The third kappa shape index (κ3) is 2.72. The summed E-state index contributed by atoms with van der Waals surface area (Å²) in [5, 5.41) is 4.13. The zero-order valence-electron chi connectivity index (χ0n) is 8.42. The molecule has 0 saturated heterocycles. The first-order chi connectivity index (χ1) is 8.08. The van der Waals surface area contributed by atoms with Gasteiger partial charge in [-0.1, -0.05) is 34.8 Å². The van der Waals surface area contributed by atoms with E-state index in [2.05, 4.69) is 15.3 Å². The molecule has 17 heavy (non-hydrogen) atoms. The van der Waals surface area contributed by atoms with E-state index in [1.54, 1.807) is 12.1 Å². The molecule has 0 saturated carbocycles. The van der Waals surface area contributed by atoms with E-state index in [0.717, 1.165) is 0 Å². The van der Waals surface area contributed by atoms with Gasteiger partial charge in [0.1, 0.15) is 0 Å². The van der Waals surface area contributed by atoms with Crippen molar-refractivity contribution >= 4 is 52.1 Å². The van der Waals surface area contributed by atoms with Gasteiger partial charge < -0.3 is 11.1 Å². The lowest BCUT2D eigenvalue weighted by atomic mass is 10.3. The molecule has 1 aromatic carbocycles. The lowest BCUT2D eigenvalue weighted by Crippen LogP contribution is -2.01. The van der Waals surface area contributed by atoms with E-state index >= 15 is 0 Å². The van der Waals surface area contributed by atoms with Crippen LogP contribution in [0.2, 0.25) is 15.1 Å². The van der Waals surface area contributed by atoms with Crippen LogP contribution < -0.4 is 11.1 Å². The van der Waals surface area contributed by atoms with Crippen LogP contribution in [0.15, 0.2) is 24.5 Å². The second kappa shape index (κ2) is 4.96. The van der Waals surface area contributed by atoms with Crippen LogP contribution in [-0.4, -0.2) is 9.97 Å². The fraction of sp³-hybridized carbons (Fsp3) is 0. The second-order valence-electron chi connectivity index (χ2n) is 3.16. The Morgan fingerprint density at radius 3 is 2.29 bits per heavy atom. The van der Waals surface area contributed by atoms with Gasteiger partial charge in [-0.15, -0.1) is 0 Å². The van der Waals surface area contributed by atoms with Crippen molar-refractivity contribution in [1.82, 2.24) is 9.97 Å². The van der Waals surface area contributed by atoms with Crippen LogP contribution in [0.3, 0.4) is 0 Å². The van der Waals surface area contributed by atoms with Gasteiger partial charge in [-0.25, -0.2) is 9.97 Å². The van der Waals surface area contributed by atoms with Gasteiger partial charge >= 0.3 is 0 Å². The smallest absolute Gasteiger partial charge is 0.173 e. The van der Waals surface area contributed by atoms with E-state index in [4.69, 9.17) is 40.5 Å². The minimum atomic E-state index is 0.273. The number of hydrogen-bond donors (Lipinski definition) is 2. The molecule has 7 heteroatoms. The molecule has 0 aliphatic heterocycles. The average molecular weight is 290 g/mol. The molecule has 88 valence electrons. The van der Waals surface area contributed by atoms with Gasteiger partial charge in [-0.2, -0.15) is 0 Å². The van der Waals surface area contributed by atoms with E-state index in [0.29, 0.717) is 26.6 Å². The fourth-order valence-corrected chi connectivity index (χ4v) is 1.79. The van der Waals surface area contributed by atoms with Crippen molar-refractivity contribution in [3.63, 3.8) is 0 Å². The lowest BCUT2D eigenvalue weighted by molar-refractivity contribution is 1.21. The van der Waals surface area contributed by atoms with Crippen molar-refractivity contribution in [1.29, 1.82) is 0 Å². The largest absolute Gasteiger partial charge is 0.381 e. The number of benzene rings is 1. The molecule has 3 N–H and O–H groups in total. The molecule has 0 fully saturated rings. The zero-order chi connectivity index (χ0) is 12.4. The van der Waals surface area contributed by atoms with Crippen LogP contribution >= 0.6 is 34.8 Å². The first-order valence-corrected chi connectivity index (χ1v) is 5.69. The summed E-state index contributed by atoms with van der Waals surface area (Å²) in [4.78, 5) is 7.93. The maximum atomic E-state index is 6.01. The van der Waals surface area contributed by atoms with E-state index < -0.39 is 0 Å². The molecule has 0 bridgehead atoms. The van der Waals surface area contributed by atoms with Gasteiger partial charge in [-0.05, 0) is 12.1 Å². The summed E-state index contributed by atoms with van der Waals surface area (Å²) in [5.74, 6) is 0.683. The summed E-state index contributed by atoms with van der Waals surface area (Å²) >= 11 is 17.7. The van der Waals surface area contributed by atoms with Crippen molar-refractivity contribution in [2.75, 3.05) is 11.1 Å². The van der Waals surface area contributed by atoms with Gasteiger partial charge in [0.05, 0.1) is 20.8 Å². The lowest BCUT2D eigenvalue weighted by Gasteiger charge is -2.09. The minimum absolute atomic E-state index is 0.273. The summed E-state index contributed by atoms with van der Waals surface area (Å²) in [5.41, 5.74) is 6.21. The average Bonchev–Trinajstić information content (AvgIpc) is 2.29. The summed E-state index contributed by atoms with van der Waals surface area (Å²) in [7, 11) is 0. The van der Waals surface area contributed by atoms with Crippen LogP contribution in [0.4, 0.5) is 17.3 Å². The number of aromatic nitrogens is 2. The molecule has 2 rings (SSSR count). The number of hydrogen-bond acceptors (Lipinski definition) is 4. The molecule has 0 radical (unpaired) electrons. The summed E-state index contributed by atoms with van der Waals surface area (Å²) in [6.07, 6.45) is 3.01. The highest BCUT2D eigenvalue weighted by molar-refractivity contribution is 6.44. The number of nitrogens with zero attached hydrogens (tertiary/aromatic N) is 2. The Morgan fingerprint density at radius 2 is 1.59 bits per heavy atom. The topological polar surface area (TPSA) is 63.8 Å². The van der Waals surface area contributed by atoms with Crippen LogP contribution in [0.1, 0.15) is 0 Å². The number of nitrogens with one attached hydrogen (secondary N) is 1. The third-order valence-corrected chi connectivity index (χ3v) is 3.02. The molecule has 0 aliphatic rings. The number of halogens is 3. The Morgan fingerprint density at radius 1 is 0.941 bits per heavy atom. The molecule has 0 aliphatic carbocycles. The third-order valence-electron chi connectivity index (χ3n) is 1.99. The van der Waals surface area contributed by atoms with Crippen molar-refractivity contribution in [2.45, 2.75) is 0 Å². The molecule has 0 spiro atoms. The Hall–Kier alpha value is -1.23. The monoisotopic (exact) mass is 288 g/mol. The Kier molecular flexibility index (Phi) is 3.57. The Balaban J connectivity index is 2.37. The quantitative estimate of drug-likeness (QED) is 0.826. The highest BCUT2D eigenvalue weighted by Gasteiger charge is 2.08. The van der Waals surface area contributed by atoms with E-state index in [-0.39, 0.29) is 5.82 Å². The predicted molar refractivity (Wildman–Crippen MR) is 71.2 cm³/mol. The number of nitrogen functional groups attached to an aromatic ring is 1. The van der Waals surface area contributed by atoms with Crippen molar-refractivity contribution in [3.8, 4) is 0 Å². The van der Waals surface area contributed by atoms with Gasteiger partial charge in [0.2, 0.25) is 0 Å². The van der Waals surface area contributed by atoms with Crippen molar-refractivity contribution in [3.05, 3.63) is 39.6 Å². The highest BCUT2D eigenvalue weighted by Crippen LogP contribution is 2.34. The summed E-state index contributed by atoms with van der Waals surface area (Å²) < 4.78 is 0. The number of rotatable bonds is 2. The molecule has 2 aromatic rings. The molecule has 1 heterocycles. The molecule has 0 amide bonds. The summed E-state index contributed by atoms with van der Waals surface area (Å²) in [6.45, 7) is 0.